The molecule has 0 unspecified atom stereocenters. The first kappa shape index (κ1) is 17.8. The number of rotatable bonds is 5. The second-order valence-electron chi connectivity index (χ2n) is 3.78. The molecule has 16 heavy (non-hydrogen) atoms. The van der Waals surface area contributed by atoms with E-state index in [1.165, 1.54) is 6.42 Å². The highest BCUT2D eigenvalue weighted by atomic mass is 32.1. The molecule has 0 amide bonds. The second kappa shape index (κ2) is 12.4. The first-order valence-corrected chi connectivity index (χ1v) is 6.28. The Morgan fingerprint density at radius 1 is 1.12 bits per heavy atom. The summed E-state index contributed by atoms with van der Waals surface area (Å²) >= 11 is 9.16. The Bertz CT molecular complexity index is 195. The van der Waals surface area contributed by atoms with Crippen LogP contribution in [-0.2, 0) is 0 Å². The van der Waals surface area contributed by atoms with Gasteiger partial charge >= 0.3 is 0 Å². The van der Waals surface area contributed by atoms with Crippen LogP contribution in [0.15, 0.2) is 0 Å². The third kappa shape index (κ3) is 23.3. The van der Waals surface area contributed by atoms with E-state index < -0.39 is 0 Å². The minimum atomic E-state index is 0.388. The van der Waals surface area contributed by atoms with E-state index in [0.717, 1.165) is 19.5 Å². The molecule has 0 rings (SSSR count). The van der Waals surface area contributed by atoms with E-state index in [0.29, 0.717) is 16.1 Å². The maximum absolute atomic E-state index is 5.16. The van der Waals surface area contributed by atoms with Crippen molar-refractivity contribution >= 4 is 34.7 Å². The fourth-order valence-electron chi connectivity index (χ4n) is 0.693. The van der Waals surface area contributed by atoms with E-state index in [4.69, 9.17) is 11.5 Å². The molecule has 0 atom stereocenters. The molecule has 4 nitrogen and oxygen atoms in total. The van der Waals surface area contributed by atoms with Gasteiger partial charge in [-0.05, 0) is 36.8 Å². The fourth-order valence-corrected chi connectivity index (χ4v) is 0.878. The molecule has 0 bridgehead atoms. The van der Waals surface area contributed by atoms with E-state index in [1.807, 2.05) is 0 Å². The van der Waals surface area contributed by atoms with Gasteiger partial charge < -0.3 is 22.1 Å². The van der Waals surface area contributed by atoms with Crippen molar-refractivity contribution in [3.05, 3.63) is 0 Å². The molecule has 0 saturated heterocycles. The molecule has 0 heterocycles. The van der Waals surface area contributed by atoms with Gasteiger partial charge in [-0.2, -0.15) is 0 Å². The van der Waals surface area contributed by atoms with Crippen molar-refractivity contribution in [2.75, 3.05) is 13.1 Å². The van der Waals surface area contributed by atoms with Crippen LogP contribution in [0.2, 0.25) is 0 Å². The van der Waals surface area contributed by atoms with Gasteiger partial charge in [0.05, 0.1) is 0 Å². The molecule has 0 aromatic heterocycles. The summed E-state index contributed by atoms with van der Waals surface area (Å²) in [4.78, 5) is 0. The van der Waals surface area contributed by atoms with Crippen molar-refractivity contribution in [1.29, 1.82) is 0 Å². The monoisotopic (exact) mass is 264 g/mol. The minimum Gasteiger partial charge on any atom is -0.376 e. The number of unbranched alkanes of at least 4 members (excludes halogenated alkanes) is 1. The molecule has 0 aromatic rings. The Morgan fingerprint density at radius 3 is 1.88 bits per heavy atom. The summed E-state index contributed by atoms with van der Waals surface area (Å²) < 4.78 is 0. The maximum atomic E-state index is 5.16. The average Bonchev–Trinajstić information content (AvgIpc) is 2.16. The smallest absolute Gasteiger partial charge is 0.163 e. The largest absolute Gasteiger partial charge is 0.376 e. The summed E-state index contributed by atoms with van der Waals surface area (Å²) in [5.41, 5.74) is 10.3. The van der Waals surface area contributed by atoms with Crippen LogP contribution in [0.1, 0.15) is 33.6 Å². The zero-order valence-electron chi connectivity index (χ0n) is 10.4. The third-order valence-corrected chi connectivity index (χ3v) is 1.80. The molecule has 96 valence electrons. The summed E-state index contributed by atoms with van der Waals surface area (Å²) in [5.74, 6) is 0.608. The van der Waals surface area contributed by atoms with Gasteiger partial charge in [0.2, 0.25) is 0 Å². The fraction of sp³-hybridized carbons (Fsp3) is 0.800. The van der Waals surface area contributed by atoms with E-state index in [1.54, 1.807) is 0 Å². The molecule has 6 heteroatoms. The van der Waals surface area contributed by atoms with Crippen molar-refractivity contribution in [3.63, 3.8) is 0 Å². The van der Waals surface area contributed by atoms with Crippen LogP contribution >= 0.6 is 24.4 Å². The molecule has 0 aliphatic carbocycles. The molecular formula is C10H24N4S2. The number of hydrogen-bond acceptors (Lipinski definition) is 2. The van der Waals surface area contributed by atoms with Gasteiger partial charge in [0.1, 0.15) is 0 Å². The number of thiocarbonyl (C=S) groups is 2. The maximum Gasteiger partial charge on any atom is 0.163 e. The van der Waals surface area contributed by atoms with Crippen molar-refractivity contribution < 1.29 is 0 Å². The van der Waals surface area contributed by atoms with E-state index in [2.05, 4.69) is 55.8 Å². The zero-order chi connectivity index (χ0) is 13.0. The Morgan fingerprint density at radius 2 is 1.62 bits per heavy atom. The topological polar surface area (TPSA) is 76.1 Å². The number of nitrogens with two attached hydrogens (primary N) is 2. The standard InChI is InChI=1S/2C5H12N2S/c1-4(2)3-7-5(6)8;1-2-3-4-7-5(6)8/h4H,3H2,1-2H3,(H3,6,7,8);2-4H2,1H3,(H3,6,7,8). The van der Waals surface area contributed by atoms with Crippen molar-refractivity contribution in [2.45, 2.75) is 33.6 Å². The van der Waals surface area contributed by atoms with Crippen LogP contribution in [0.3, 0.4) is 0 Å². The molecule has 0 aliphatic heterocycles. The second-order valence-corrected chi connectivity index (χ2v) is 4.66. The highest BCUT2D eigenvalue weighted by Gasteiger charge is 1.90. The third-order valence-electron chi connectivity index (χ3n) is 1.51. The molecule has 0 aromatic carbocycles. The van der Waals surface area contributed by atoms with E-state index >= 15 is 0 Å². The Labute approximate surface area is 110 Å². The Balaban J connectivity index is 0. The predicted octanol–water partition coefficient (Wildman–Crippen LogP) is 1.10. The lowest BCUT2D eigenvalue weighted by Gasteiger charge is -2.04. The van der Waals surface area contributed by atoms with Gasteiger partial charge in [0.15, 0.2) is 10.2 Å². The van der Waals surface area contributed by atoms with Crippen molar-refractivity contribution in [2.24, 2.45) is 17.4 Å². The lowest BCUT2D eigenvalue weighted by Crippen LogP contribution is -2.31. The van der Waals surface area contributed by atoms with Crippen LogP contribution in [0.5, 0.6) is 0 Å². The summed E-state index contributed by atoms with van der Waals surface area (Å²) in [6.45, 7) is 8.11. The van der Waals surface area contributed by atoms with Crippen LogP contribution in [0.25, 0.3) is 0 Å². The van der Waals surface area contributed by atoms with E-state index in [9.17, 15) is 0 Å². The van der Waals surface area contributed by atoms with E-state index in [-0.39, 0.29) is 0 Å². The van der Waals surface area contributed by atoms with Gasteiger partial charge in [-0.3, -0.25) is 0 Å². The van der Waals surface area contributed by atoms with Gasteiger partial charge in [-0.25, -0.2) is 0 Å². The molecule has 6 N–H and O–H groups in total. The quantitative estimate of drug-likeness (QED) is 0.440. The lowest BCUT2D eigenvalue weighted by molar-refractivity contribution is 0.626. The van der Waals surface area contributed by atoms with Gasteiger partial charge in [-0.1, -0.05) is 27.2 Å². The van der Waals surface area contributed by atoms with Crippen molar-refractivity contribution in [1.82, 2.24) is 10.6 Å². The first-order valence-electron chi connectivity index (χ1n) is 5.46. The van der Waals surface area contributed by atoms with Crippen LogP contribution in [-0.4, -0.2) is 23.3 Å². The molecule has 0 saturated carbocycles. The Hall–Kier alpha value is -0.620. The summed E-state index contributed by atoms with van der Waals surface area (Å²) in [5, 5.41) is 6.50. The van der Waals surface area contributed by atoms with Crippen LogP contribution < -0.4 is 22.1 Å². The first-order chi connectivity index (χ1) is 7.40. The van der Waals surface area contributed by atoms with Crippen LogP contribution in [0, 0.1) is 5.92 Å². The number of nitrogens with one attached hydrogen (secondary N) is 2. The summed E-state index contributed by atoms with van der Waals surface area (Å²) in [6, 6.07) is 0. The van der Waals surface area contributed by atoms with Gasteiger partial charge in [0.25, 0.3) is 0 Å². The minimum absolute atomic E-state index is 0.388. The lowest BCUT2D eigenvalue weighted by atomic mass is 10.2. The summed E-state index contributed by atoms with van der Waals surface area (Å²) in [6.07, 6.45) is 2.31. The molecule has 0 fully saturated rings. The SMILES string of the molecule is CC(C)CNC(N)=S.CCCCNC(N)=S. The predicted molar refractivity (Wildman–Crippen MR) is 79.3 cm³/mol. The molecule has 0 aliphatic rings. The molecular weight excluding hydrogens is 240 g/mol. The highest BCUT2D eigenvalue weighted by Crippen LogP contribution is 1.85. The number of hydrogen-bond donors (Lipinski definition) is 4. The van der Waals surface area contributed by atoms with Gasteiger partial charge in [-0.15, -0.1) is 0 Å². The molecule has 0 radical (unpaired) electrons. The molecule has 0 spiro atoms. The zero-order valence-corrected chi connectivity index (χ0v) is 12.0. The van der Waals surface area contributed by atoms with Crippen molar-refractivity contribution in [3.8, 4) is 0 Å². The average molecular weight is 264 g/mol. The summed E-state index contributed by atoms with van der Waals surface area (Å²) in [7, 11) is 0. The Kier molecular flexibility index (Phi) is 13.8. The normalized spacial score (nSPS) is 9.00. The van der Waals surface area contributed by atoms with Gasteiger partial charge in [0, 0.05) is 13.1 Å². The van der Waals surface area contributed by atoms with Crippen LogP contribution in [0.4, 0.5) is 0 Å². The highest BCUT2D eigenvalue weighted by molar-refractivity contribution is 7.80.